The van der Waals surface area contributed by atoms with Gasteiger partial charge in [-0.05, 0) is 58.0 Å². The van der Waals surface area contributed by atoms with Crippen LogP contribution in [0, 0.1) is 0 Å². The molecule has 1 aromatic carbocycles. The van der Waals surface area contributed by atoms with E-state index in [-0.39, 0.29) is 12.0 Å². The van der Waals surface area contributed by atoms with Gasteiger partial charge in [0, 0.05) is 12.6 Å². The van der Waals surface area contributed by atoms with Crippen molar-refractivity contribution in [2.45, 2.75) is 32.7 Å². The Morgan fingerprint density at radius 3 is 2.81 bits per heavy atom. The van der Waals surface area contributed by atoms with Gasteiger partial charge in [-0.3, -0.25) is 0 Å². The minimum atomic E-state index is -0.312. The maximum absolute atomic E-state index is 11.8. The predicted octanol–water partition coefficient (Wildman–Crippen LogP) is 2.34. The van der Waals surface area contributed by atoms with Gasteiger partial charge in [0.15, 0.2) is 0 Å². The molecule has 1 heterocycles. The molecule has 0 amide bonds. The largest absolute Gasteiger partial charge is 0.462 e. The molecule has 0 aliphatic carbocycles. The molecule has 1 saturated heterocycles. The molecule has 0 aromatic heterocycles. The Kier molecular flexibility index (Phi) is 5.44. The molecule has 0 saturated carbocycles. The quantitative estimate of drug-likeness (QED) is 0.622. The smallest absolute Gasteiger partial charge is 0.338 e. The highest BCUT2D eigenvalue weighted by Gasteiger charge is 2.16. The van der Waals surface area contributed by atoms with Crippen LogP contribution in [0.2, 0.25) is 0 Å². The average Bonchev–Trinajstić information content (AvgIpc) is 2.94. The summed E-state index contributed by atoms with van der Waals surface area (Å²) in [6.45, 7) is 7.64. The summed E-state index contributed by atoms with van der Waals surface area (Å²) in [4.78, 5) is 14.2. The van der Waals surface area contributed by atoms with Crippen molar-refractivity contribution < 1.29 is 9.53 Å². The Hall–Kier alpha value is -1.75. The maximum Gasteiger partial charge on any atom is 0.338 e. The summed E-state index contributed by atoms with van der Waals surface area (Å²) in [5.74, 6) is -0.312. The number of esters is 1. The molecule has 5 nitrogen and oxygen atoms in total. The minimum Gasteiger partial charge on any atom is -0.462 e. The van der Waals surface area contributed by atoms with E-state index >= 15 is 0 Å². The highest BCUT2D eigenvalue weighted by molar-refractivity contribution is 5.92. The van der Waals surface area contributed by atoms with Crippen molar-refractivity contribution in [1.82, 2.24) is 4.90 Å². The Morgan fingerprint density at radius 2 is 2.14 bits per heavy atom. The van der Waals surface area contributed by atoms with Gasteiger partial charge in [-0.15, -0.1) is 0 Å². The zero-order valence-electron chi connectivity index (χ0n) is 12.9. The highest BCUT2D eigenvalue weighted by atomic mass is 16.5. The number of nitrogens with zero attached hydrogens (tertiary/aromatic N) is 1. The summed E-state index contributed by atoms with van der Waals surface area (Å²) < 4.78 is 5.02. The lowest BCUT2D eigenvalue weighted by Crippen LogP contribution is -2.33. The van der Waals surface area contributed by atoms with Crippen molar-refractivity contribution in [1.29, 1.82) is 0 Å². The number of nitrogens with one attached hydrogen (secondary N) is 1. The van der Waals surface area contributed by atoms with E-state index in [0.29, 0.717) is 17.9 Å². The first-order chi connectivity index (χ1) is 10.1. The predicted molar refractivity (Wildman–Crippen MR) is 85.6 cm³/mol. The second-order valence-corrected chi connectivity index (χ2v) is 5.58. The summed E-state index contributed by atoms with van der Waals surface area (Å²) in [6.07, 6.45) is 2.57. The molecule has 1 atom stereocenters. The number of benzene rings is 1. The van der Waals surface area contributed by atoms with Crippen molar-refractivity contribution in [2.75, 3.05) is 37.3 Å². The van der Waals surface area contributed by atoms with Crippen LogP contribution in [0.25, 0.3) is 0 Å². The lowest BCUT2D eigenvalue weighted by Gasteiger charge is -2.23. The average molecular weight is 291 g/mol. The second kappa shape index (κ2) is 7.31. The minimum absolute atomic E-state index is 0.280. The molecule has 1 aliphatic heterocycles. The van der Waals surface area contributed by atoms with Gasteiger partial charge >= 0.3 is 5.97 Å². The molecule has 0 radical (unpaired) electrons. The van der Waals surface area contributed by atoms with Crippen molar-refractivity contribution >= 4 is 17.3 Å². The lowest BCUT2D eigenvalue weighted by molar-refractivity contribution is 0.0526. The van der Waals surface area contributed by atoms with Crippen molar-refractivity contribution in [2.24, 2.45) is 0 Å². The van der Waals surface area contributed by atoms with Crippen LogP contribution in [0.5, 0.6) is 0 Å². The van der Waals surface area contributed by atoms with E-state index in [1.54, 1.807) is 25.1 Å². The van der Waals surface area contributed by atoms with Crippen LogP contribution in [-0.2, 0) is 4.74 Å². The molecule has 5 heteroatoms. The van der Waals surface area contributed by atoms with Gasteiger partial charge in [-0.25, -0.2) is 4.79 Å². The molecule has 1 aliphatic rings. The number of nitrogen functional groups attached to an aromatic ring is 1. The Bertz CT molecular complexity index is 484. The first-order valence-electron chi connectivity index (χ1n) is 7.65. The maximum atomic E-state index is 11.8. The Labute approximate surface area is 126 Å². The van der Waals surface area contributed by atoms with E-state index < -0.39 is 0 Å². The van der Waals surface area contributed by atoms with Crippen LogP contribution >= 0.6 is 0 Å². The van der Waals surface area contributed by atoms with E-state index in [1.165, 1.54) is 25.9 Å². The van der Waals surface area contributed by atoms with Crippen LogP contribution in [0.15, 0.2) is 18.2 Å². The third-order valence-electron chi connectivity index (χ3n) is 3.70. The monoisotopic (exact) mass is 291 g/mol. The second-order valence-electron chi connectivity index (χ2n) is 5.58. The molecule has 2 rings (SSSR count). The zero-order valence-corrected chi connectivity index (χ0v) is 12.9. The number of carbonyl (C=O) groups is 1. The number of hydrogen-bond donors (Lipinski definition) is 2. The summed E-state index contributed by atoms with van der Waals surface area (Å²) in [7, 11) is 0. The van der Waals surface area contributed by atoms with E-state index in [0.717, 1.165) is 12.2 Å². The fraction of sp³-hybridized carbons (Fsp3) is 0.562. The lowest BCUT2D eigenvalue weighted by atomic mass is 10.1. The molecule has 3 N–H and O–H groups in total. The topological polar surface area (TPSA) is 67.6 Å². The number of rotatable bonds is 6. The van der Waals surface area contributed by atoms with E-state index in [9.17, 15) is 4.79 Å². The number of ether oxygens (including phenoxy) is 1. The number of anilines is 2. The molecule has 1 unspecified atom stereocenters. The summed E-state index contributed by atoms with van der Waals surface area (Å²) >= 11 is 0. The van der Waals surface area contributed by atoms with Gasteiger partial charge in [-0.1, -0.05) is 0 Å². The Morgan fingerprint density at radius 1 is 1.43 bits per heavy atom. The molecule has 116 valence electrons. The number of hydrogen-bond acceptors (Lipinski definition) is 5. The van der Waals surface area contributed by atoms with Gasteiger partial charge in [-0.2, -0.15) is 0 Å². The highest BCUT2D eigenvalue weighted by Crippen LogP contribution is 2.22. The molecular formula is C16H25N3O2. The molecule has 21 heavy (non-hydrogen) atoms. The standard InChI is InChI=1S/C16H25N3O2/c1-3-21-16(20)13-6-7-14(17)15(10-13)18-12(2)11-19-8-4-5-9-19/h6-7,10,12,18H,3-5,8-9,11,17H2,1-2H3. The summed E-state index contributed by atoms with van der Waals surface area (Å²) in [6, 6.07) is 5.50. The van der Waals surface area contributed by atoms with Crippen molar-refractivity contribution in [3.63, 3.8) is 0 Å². The molecule has 1 aromatic rings. The van der Waals surface area contributed by atoms with Crippen LogP contribution in [-0.4, -0.2) is 43.2 Å². The molecule has 0 bridgehead atoms. The van der Waals surface area contributed by atoms with E-state index in [2.05, 4.69) is 17.1 Å². The Balaban J connectivity index is 2.00. The van der Waals surface area contributed by atoms with Crippen LogP contribution in [0.1, 0.15) is 37.0 Å². The van der Waals surface area contributed by atoms with E-state index in [4.69, 9.17) is 10.5 Å². The van der Waals surface area contributed by atoms with Crippen molar-refractivity contribution in [3.05, 3.63) is 23.8 Å². The first kappa shape index (κ1) is 15.6. The molecular weight excluding hydrogens is 266 g/mol. The van der Waals surface area contributed by atoms with Crippen LogP contribution in [0.4, 0.5) is 11.4 Å². The number of carbonyl (C=O) groups excluding carboxylic acids is 1. The number of likely N-dealkylation sites (tertiary alicyclic amines) is 1. The van der Waals surface area contributed by atoms with Crippen LogP contribution < -0.4 is 11.1 Å². The zero-order chi connectivity index (χ0) is 15.2. The molecule has 1 fully saturated rings. The first-order valence-corrected chi connectivity index (χ1v) is 7.65. The summed E-state index contributed by atoms with van der Waals surface area (Å²) in [5, 5.41) is 3.40. The van der Waals surface area contributed by atoms with Crippen molar-refractivity contribution in [3.8, 4) is 0 Å². The molecule has 0 spiro atoms. The van der Waals surface area contributed by atoms with Gasteiger partial charge in [0.25, 0.3) is 0 Å². The normalized spacial score (nSPS) is 16.7. The van der Waals surface area contributed by atoms with Gasteiger partial charge < -0.3 is 20.7 Å². The SMILES string of the molecule is CCOC(=O)c1ccc(N)c(NC(C)CN2CCCC2)c1. The fourth-order valence-corrected chi connectivity index (χ4v) is 2.69. The third-order valence-corrected chi connectivity index (χ3v) is 3.70. The van der Waals surface area contributed by atoms with Gasteiger partial charge in [0.1, 0.15) is 0 Å². The fourth-order valence-electron chi connectivity index (χ4n) is 2.69. The van der Waals surface area contributed by atoms with E-state index in [1.807, 2.05) is 0 Å². The van der Waals surface area contributed by atoms with Gasteiger partial charge in [0.2, 0.25) is 0 Å². The number of nitrogens with two attached hydrogens (primary N) is 1. The van der Waals surface area contributed by atoms with Gasteiger partial charge in [0.05, 0.1) is 23.5 Å². The third kappa shape index (κ3) is 4.36. The summed E-state index contributed by atoms with van der Waals surface area (Å²) in [5.41, 5.74) is 7.97. The van der Waals surface area contributed by atoms with Crippen LogP contribution in [0.3, 0.4) is 0 Å².